The molecular weight excluding hydrogens is 429 g/mol. The van der Waals surface area contributed by atoms with Gasteiger partial charge in [0.2, 0.25) is 5.37 Å². The number of carbonyl (C=O) groups is 1. The average molecular weight is 447 g/mol. The number of thiocarbonyl (C=S) groups is 1. The van der Waals surface area contributed by atoms with E-state index >= 15 is 0 Å². The van der Waals surface area contributed by atoms with E-state index in [1.165, 1.54) is 27.0 Å². The van der Waals surface area contributed by atoms with Gasteiger partial charge in [-0.2, -0.15) is 13.2 Å². The second-order valence-electron chi connectivity index (χ2n) is 7.38. The Balaban J connectivity index is 2.16. The van der Waals surface area contributed by atoms with E-state index in [0.29, 0.717) is 6.07 Å². The Morgan fingerprint density at radius 2 is 2.00 bits per heavy atom. The molecule has 1 spiro atoms. The number of amides is 1. The van der Waals surface area contributed by atoms with E-state index in [4.69, 9.17) is 18.8 Å². The van der Waals surface area contributed by atoms with Gasteiger partial charge in [-0.1, -0.05) is 6.07 Å². The molecule has 2 heterocycles. The average Bonchev–Trinajstić information content (AvgIpc) is 2.75. The SMILES string of the molecule is [C-]#[N+]c1ccc(N2C(=O)C(C)(C)[N+]3(CCC3S(=O)(=O)NC)C2=S)cc1C(F)(F)F. The van der Waals surface area contributed by atoms with Gasteiger partial charge in [-0.3, -0.25) is 4.79 Å². The molecule has 12 heteroatoms. The first-order valence-corrected chi connectivity index (χ1v) is 10.5. The largest absolute Gasteiger partial charge is 0.407 e. The van der Waals surface area contributed by atoms with Crippen molar-refractivity contribution in [3.05, 3.63) is 35.2 Å². The zero-order valence-electron chi connectivity index (χ0n) is 15.7. The van der Waals surface area contributed by atoms with E-state index in [2.05, 4.69) is 9.57 Å². The summed E-state index contributed by atoms with van der Waals surface area (Å²) in [4.78, 5) is 17.0. The van der Waals surface area contributed by atoms with Crippen LogP contribution in [0.3, 0.4) is 0 Å². The summed E-state index contributed by atoms with van der Waals surface area (Å²) in [7, 11) is -2.53. The fraction of sp³-hybridized carbons (Fsp3) is 0.471. The maximum absolute atomic E-state index is 13.4. The van der Waals surface area contributed by atoms with Crippen LogP contribution in [0.4, 0.5) is 24.5 Å². The van der Waals surface area contributed by atoms with Crippen LogP contribution in [0.2, 0.25) is 0 Å². The summed E-state index contributed by atoms with van der Waals surface area (Å²) in [6.07, 6.45) is -4.53. The minimum Gasteiger partial charge on any atom is -0.267 e. The number of alkyl halides is 3. The molecule has 1 N–H and O–H groups in total. The summed E-state index contributed by atoms with van der Waals surface area (Å²) in [6.45, 7) is 10.3. The number of quaternary nitrogens is 1. The first kappa shape index (κ1) is 21.6. The molecule has 1 amide bonds. The van der Waals surface area contributed by atoms with E-state index in [-0.39, 0.29) is 28.2 Å². The Labute approximate surface area is 171 Å². The lowest BCUT2D eigenvalue weighted by molar-refractivity contribution is -0.923. The molecule has 0 bridgehead atoms. The molecule has 7 nitrogen and oxygen atoms in total. The molecule has 2 atom stereocenters. The summed E-state index contributed by atoms with van der Waals surface area (Å²) in [5.74, 6) is -0.595. The van der Waals surface area contributed by atoms with Crippen molar-refractivity contribution in [2.75, 3.05) is 18.5 Å². The molecular formula is C17H18F3N4O3S2+. The van der Waals surface area contributed by atoms with E-state index < -0.39 is 44.3 Å². The van der Waals surface area contributed by atoms with Crippen LogP contribution in [0.25, 0.3) is 4.85 Å². The van der Waals surface area contributed by atoms with Crippen LogP contribution in [0.5, 0.6) is 0 Å². The van der Waals surface area contributed by atoms with Crippen molar-refractivity contribution in [3.8, 4) is 0 Å². The lowest BCUT2D eigenvalue weighted by atomic mass is 9.94. The topological polar surface area (TPSA) is 70.8 Å². The van der Waals surface area contributed by atoms with Crippen molar-refractivity contribution in [2.45, 2.75) is 37.4 Å². The van der Waals surface area contributed by atoms with Crippen LogP contribution in [0.1, 0.15) is 25.8 Å². The van der Waals surface area contributed by atoms with Crippen molar-refractivity contribution < 1.29 is 30.9 Å². The molecule has 2 saturated heterocycles. The van der Waals surface area contributed by atoms with Gasteiger partial charge in [-0.15, -0.1) is 0 Å². The molecule has 1 aromatic rings. The monoisotopic (exact) mass is 447 g/mol. The summed E-state index contributed by atoms with van der Waals surface area (Å²) >= 11 is 5.47. The van der Waals surface area contributed by atoms with Gasteiger partial charge in [0.1, 0.15) is 0 Å². The van der Waals surface area contributed by atoms with Crippen molar-refractivity contribution >= 4 is 44.6 Å². The number of halogens is 3. The van der Waals surface area contributed by atoms with E-state index in [1.54, 1.807) is 0 Å². The van der Waals surface area contributed by atoms with Gasteiger partial charge < -0.3 is 0 Å². The number of nitrogens with zero attached hydrogens (tertiary/aromatic N) is 3. The Morgan fingerprint density at radius 3 is 2.45 bits per heavy atom. The molecule has 2 aliphatic rings. The Morgan fingerprint density at radius 1 is 1.38 bits per heavy atom. The number of rotatable bonds is 3. The van der Waals surface area contributed by atoms with Gasteiger partial charge in [-0.05, 0) is 19.2 Å². The third kappa shape index (κ3) is 2.79. The number of sulfonamides is 1. The number of hydrogen-bond acceptors (Lipinski definition) is 4. The van der Waals surface area contributed by atoms with Gasteiger partial charge in [0, 0.05) is 26.1 Å². The first-order valence-electron chi connectivity index (χ1n) is 8.53. The van der Waals surface area contributed by atoms with Crippen molar-refractivity contribution in [1.82, 2.24) is 4.72 Å². The van der Waals surface area contributed by atoms with Crippen molar-refractivity contribution in [2.24, 2.45) is 0 Å². The van der Waals surface area contributed by atoms with Crippen LogP contribution in [-0.2, 0) is 21.0 Å². The third-order valence-corrected chi connectivity index (χ3v) is 8.17. The zero-order valence-corrected chi connectivity index (χ0v) is 17.4. The van der Waals surface area contributed by atoms with Gasteiger partial charge in [-0.25, -0.2) is 27.4 Å². The highest BCUT2D eigenvalue weighted by molar-refractivity contribution is 7.90. The molecule has 29 heavy (non-hydrogen) atoms. The number of anilines is 1. The molecule has 0 radical (unpaired) electrons. The molecule has 0 saturated carbocycles. The second kappa shape index (κ2) is 6.46. The quantitative estimate of drug-likeness (QED) is 0.440. The standard InChI is InChI=1S/C17H18F3N4O3S2/c1-16(2)14(25)23(10-5-6-12(21-3)11(9-10)17(18,19)20)15(28)24(16)8-7-13(24)29(26,27)22-4/h5-6,9,13,22H,7-8H2,1-2,4H3/q+1. The molecule has 3 rings (SSSR count). The molecule has 2 unspecified atom stereocenters. The van der Waals surface area contributed by atoms with Gasteiger partial charge in [0.25, 0.3) is 21.0 Å². The molecule has 1 aromatic carbocycles. The molecule has 156 valence electrons. The van der Waals surface area contributed by atoms with Crippen LogP contribution in [-0.4, -0.2) is 48.4 Å². The summed E-state index contributed by atoms with van der Waals surface area (Å²) in [5, 5.41) is -1.09. The molecule has 2 aliphatic heterocycles. The number of hydrogen-bond donors (Lipinski definition) is 1. The molecule has 0 aliphatic carbocycles. The van der Waals surface area contributed by atoms with Gasteiger partial charge >= 0.3 is 6.18 Å². The minimum atomic E-state index is -4.79. The fourth-order valence-electron chi connectivity index (χ4n) is 4.04. The van der Waals surface area contributed by atoms with Gasteiger partial charge in [0.05, 0.1) is 30.8 Å². The Kier molecular flexibility index (Phi) is 4.82. The van der Waals surface area contributed by atoms with Crippen LogP contribution < -0.4 is 9.62 Å². The lowest BCUT2D eigenvalue weighted by Gasteiger charge is -2.52. The third-order valence-electron chi connectivity index (χ3n) is 5.78. The normalized spacial score (nSPS) is 26.5. The number of nitrogens with one attached hydrogen (secondary N) is 1. The molecule has 0 aromatic heterocycles. The van der Waals surface area contributed by atoms with Crippen molar-refractivity contribution in [1.29, 1.82) is 0 Å². The summed E-state index contributed by atoms with van der Waals surface area (Å²) in [6, 6.07) is 2.90. The Hall–Kier alpha value is -2.07. The number of carbonyl (C=O) groups excluding carboxylic acids is 1. The minimum absolute atomic E-state index is 0.0706. The summed E-state index contributed by atoms with van der Waals surface area (Å²) in [5.41, 5.74) is -3.21. The highest BCUT2D eigenvalue weighted by Gasteiger charge is 2.73. The van der Waals surface area contributed by atoms with E-state index in [1.807, 2.05) is 0 Å². The van der Waals surface area contributed by atoms with E-state index in [0.717, 1.165) is 11.0 Å². The highest BCUT2D eigenvalue weighted by Crippen LogP contribution is 2.49. The van der Waals surface area contributed by atoms with Gasteiger partial charge in [0.15, 0.2) is 11.2 Å². The highest BCUT2D eigenvalue weighted by atomic mass is 32.2. The van der Waals surface area contributed by atoms with E-state index in [9.17, 15) is 26.4 Å². The Bertz CT molecular complexity index is 1060. The van der Waals surface area contributed by atoms with Crippen LogP contribution >= 0.6 is 12.2 Å². The molecule has 2 fully saturated rings. The lowest BCUT2D eigenvalue weighted by Crippen LogP contribution is -2.76. The smallest absolute Gasteiger partial charge is 0.267 e. The second-order valence-corrected chi connectivity index (χ2v) is 9.79. The predicted molar refractivity (Wildman–Crippen MR) is 103 cm³/mol. The van der Waals surface area contributed by atoms with Crippen molar-refractivity contribution in [3.63, 3.8) is 0 Å². The van der Waals surface area contributed by atoms with Crippen LogP contribution in [0, 0.1) is 6.57 Å². The zero-order chi connectivity index (χ0) is 22.0. The summed E-state index contributed by atoms with van der Waals surface area (Å²) < 4.78 is 67.0. The predicted octanol–water partition coefficient (Wildman–Crippen LogP) is 2.76. The maximum atomic E-state index is 13.4. The first-order chi connectivity index (χ1) is 13.3. The fourth-order valence-corrected chi connectivity index (χ4v) is 6.38. The van der Waals surface area contributed by atoms with Crippen LogP contribution in [0.15, 0.2) is 18.2 Å². The number of benzene rings is 1. The maximum Gasteiger partial charge on any atom is 0.407 e.